The third-order valence-corrected chi connectivity index (χ3v) is 4.50. The number of hydrogen-bond acceptors (Lipinski definition) is 1. The van der Waals surface area contributed by atoms with E-state index in [2.05, 4.69) is 17.6 Å². The van der Waals surface area contributed by atoms with Crippen molar-refractivity contribution in [3.63, 3.8) is 0 Å². The van der Waals surface area contributed by atoms with Gasteiger partial charge in [-0.15, -0.1) is 0 Å². The lowest BCUT2D eigenvalue weighted by Gasteiger charge is -2.12. The topological polar surface area (TPSA) is 24.1 Å². The first-order valence-corrected chi connectivity index (χ1v) is 9.73. The Bertz CT molecular complexity index is 463. The highest BCUT2D eigenvalue weighted by molar-refractivity contribution is 7.80. The van der Waals surface area contributed by atoms with E-state index in [-0.39, 0.29) is 0 Å². The van der Waals surface area contributed by atoms with E-state index < -0.39 is 0 Å². The highest BCUT2D eigenvalue weighted by atomic mass is 35.5. The van der Waals surface area contributed by atoms with Gasteiger partial charge >= 0.3 is 0 Å². The Morgan fingerprint density at radius 1 is 1.00 bits per heavy atom. The second kappa shape index (κ2) is 12.6. The van der Waals surface area contributed by atoms with Crippen LogP contribution in [0.25, 0.3) is 0 Å². The van der Waals surface area contributed by atoms with E-state index >= 15 is 0 Å². The average Bonchev–Trinajstić information content (AvgIpc) is 2.53. The van der Waals surface area contributed by atoms with Crippen molar-refractivity contribution in [3.8, 4) is 0 Å². The molecule has 0 saturated carbocycles. The molecule has 2 nitrogen and oxygen atoms in total. The highest BCUT2D eigenvalue weighted by Gasteiger charge is 2.02. The van der Waals surface area contributed by atoms with Crippen molar-refractivity contribution in [3.05, 3.63) is 28.8 Å². The SMILES string of the molecule is CCCCCCCCCCCNC(=S)Nc1cc(Cl)ccc1C. The van der Waals surface area contributed by atoms with Crippen LogP contribution in [0.5, 0.6) is 0 Å². The first kappa shape index (κ1) is 20.2. The van der Waals surface area contributed by atoms with Gasteiger partial charge in [-0.25, -0.2) is 0 Å². The molecule has 2 N–H and O–H groups in total. The van der Waals surface area contributed by atoms with E-state index in [9.17, 15) is 0 Å². The predicted octanol–water partition coefficient (Wildman–Crippen LogP) is 6.47. The molecular formula is C19H31ClN2S. The quantitative estimate of drug-likeness (QED) is 0.352. The van der Waals surface area contributed by atoms with Crippen molar-refractivity contribution in [1.29, 1.82) is 0 Å². The van der Waals surface area contributed by atoms with Crippen LogP contribution in [0.4, 0.5) is 5.69 Å². The van der Waals surface area contributed by atoms with Crippen molar-refractivity contribution < 1.29 is 0 Å². The maximum absolute atomic E-state index is 6.01. The number of thiocarbonyl (C=S) groups is 1. The zero-order valence-corrected chi connectivity index (χ0v) is 16.2. The molecule has 0 bridgehead atoms. The lowest BCUT2D eigenvalue weighted by Crippen LogP contribution is -2.29. The van der Waals surface area contributed by atoms with Gasteiger partial charge in [0.15, 0.2) is 5.11 Å². The Kier molecular flexibility index (Phi) is 11.1. The minimum atomic E-state index is 0.676. The molecule has 0 atom stereocenters. The van der Waals surface area contributed by atoms with Crippen molar-refractivity contribution in [1.82, 2.24) is 5.32 Å². The summed E-state index contributed by atoms with van der Waals surface area (Å²) in [6.45, 7) is 5.24. The summed E-state index contributed by atoms with van der Waals surface area (Å²) in [5.74, 6) is 0. The maximum atomic E-state index is 6.01. The van der Waals surface area contributed by atoms with Gasteiger partial charge in [0.1, 0.15) is 0 Å². The number of nitrogens with one attached hydrogen (secondary N) is 2. The van der Waals surface area contributed by atoms with Gasteiger partial charge in [-0.05, 0) is 43.3 Å². The number of benzene rings is 1. The second-order valence-corrected chi connectivity index (χ2v) is 7.01. The molecule has 4 heteroatoms. The van der Waals surface area contributed by atoms with Gasteiger partial charge in [-0.1, -0.05) is 76.0 Å². The Labute approximate surface area is 152 Å². The molecule has 23 heavy (non-hydrogen) atoms. The number of hydrogen-bond donors (Lipinski definition) is 2. The normalized spacial score (nSPS) is 10.6. The summed E-state index contributed by atoms with van der Waals surface area (Å²) in [4.78, 5) is 0. The van der Waals surface area contributed by atoms with Crippen LogP contribution in [0.3, 0.4) is 0 Å². The summed E-state index contributed by atoms with van der Waals surface area (Å²) in [6, 6.07) is 5.79. The predicted molar refractivity (Wildman–Crippen MR) is 108 cm³/mol. The monoisotopic (exact) mass is 354 g/mol. The van der Waals surface area contributed by atoms with Crippen LogP contribution in [-0.2, 0) is 0 Å². The molecule has 0 heterocycles. The third kappa shape index (κ3) is 9.83. The summed E-state index contributed by atoms with van der Waals surface area (Å²) >= 11 is 11.3. The Balaban J connectivity index is 2.03. The van der Waals surface area contributed by atoms with Crippen LogP contribution in [-0.4, -0.2) is 11.7 Å². The molecule has 0 aliphatic rings. The summed E-state index contributed by atoms with van der Waals surface area (Å²) in [5, 5.41) is 7.89. The van der Waals surface area contributed by atoms with Crippen LogP contribution in [0.1, 0.15) is 70.3 Å². The number of unbranched alkanes of at least 4 members (excludes halogenated alkanes) is 8. The smallest absolute Gasteiger partial charge is 0.170 e. The largest absolute Gasteiger partial charge is 0.362 e. The van der Waals surface area contributed by atoms with Gasteiger partial charge in [-0.2, -0.15) is 0 Å². The van der Waals surface area contributed by atoms with E-state index in [0.717, 1.165) is 22.8 Å². The Morgan fingerprint density at radius 2 is 1.61 bits per heavy atom. The number of rotatable bonds is 11. The number of aryl methyl sites for hydroxylation is 1. The minimum absolute atomic E-state index is 0.676. The second-order valence-electron chi connectivity index (χ2n) is 6.17. The Hall–Kier alpha value is -0.800. The fourth-order valence-corrected chi connectivity index (χ4v) is 2.92. The third-order valence-electron chi connectivity index (χ3n) is 4.01. The molecule has 0 spiro atoms. The fraction of sp³-hybridized carbons (Fsp3) is 0.632. The van der Waals surface area contributed by atoms with E-state index in [1.165, 1.54) is 57.8 Å². The molecule has 0 saturated heterocycles. The molecule has 0 aromatic heterocycles. The van der Waals surface area contributed by atoms with Gasteiger partial charge in [0, 0.05) is 17.3 Å². The van der Waals surface area contributed by atoms with Crippen molar-refractivity contribution in [2.75, 3.05) is 11.9 Å². The summed E-state index contributed by atoms with van der Waals surface area (Å²) in [7, 11) is 0. The van der Waals surface area contributed by atoms with E-state index in [1.54, 1.807) is 0 Å². The molecule has 0 fully saturated rings. The van der Waals surface area contributed by atoms with E-state index in [1.807, 2.05) is 25.1 Å². The van der Waals surface area contributed by atoms with Crippen LogP contribution in [0, 0.1) is 6.92 Å². The van der Waals surface area contributed by atoms with Crippen LogP contribution < -0.4 is 10.6 Å². The molecule has 1 aromatic carbocycles. The zero-order valence-electron chi connectivity index (χ0n) is 14.6. The van der Waals surface area contributed by atoms with Crippen molar-refractivity contribution >= 4 is 34.6 Å². The standard InChI is InChI=1S/C19H31ClN2S/c1-3-4-5-6-7-8-9-10-11-14-21-19(23)22-18-15-17(20)13-12-16(18)2/h12-13,15H,3-11,14H2,1-2H3,(H2,21,22,23). The molecule has 0 aliphatic carbocycles. The molecule has 1 rings (SSSR count). The summed E-state index contributed by atoms with van der Waals surface area (Å²) in [6.07, 6.45) is 12.1. The average molecular weight is 355 g/mol. The van der Waals surface area contributed by atoms with Gasteiger partial charge in [-0.3, -0.25) is 0 Å². The molecule has 0 radical (unpaired) electrons. The molecular weight excluding hydrogens is 324 g/mol. The van der Waals surface area contributed by atoms with Crippen LogP contribution in [0.15, 0.2) is 18.2 Å². The zero-order chi connectivity index (χ0) is 16.9. The molecule has 0 amide bonds. The molecule has 0 unspecified atom stereocenters. The van der Waals surface area contributed by atoms with Gasteiger partial charge in [0.2, 0.25) is 0 Å². The first-order valence-electron chi connectivity index (χ1n) is 8.94. The van der Waals surface area contributed by atoms with Crippen LogP contribution in [0.2, 0.25) is 5.02 Å². The first-order chi connectivity index (χ1) is 11.1. The fourth-order valence-electron chi connectivity index (χ4n) is 2.53. The molecule has 0 aliphatic heterocycles. The van der Waals surface area contributed by atoms with Gasteiger partial charge in [0.05, 0.1) is 0 Å². The maximum Gasteiger partial charge on any atom is 0.170 e. The lowest BCUT2D eigenvalue weighted by atomic mass is 10.1. The lowest BCUT2D eigenvalue weighted by molar-refractivity contribution is 0.563. The van der Waals surface area contributed by atoms with Crippen LogP contribution >= 0.6 is 23.8 Å². The molecule has 130 valence electrons. The van der Waals surface area contributed by atoms with Gasteiger partial charge < -0.3 is 10.6 Å². The van der Waals surface area contributed by atoms with Gasteiger partial charge in [0.25, 0.3) is 0 Å². The summed E-state index contributed by atoms with van der Waals surface area (Å²) in [5.41, 5.74) is 2.11. The van der Waals surface area contributed by atoms with E-state index in [0.29, 0.717) is 5.11 Å². The van der Waals surface area contributed by atoms with Crippen molar-refractivity contribution in [2.45, 2.75) is 71.6 Å². The highest BCUT2D eigenvalue weighted by Crippen LogP contribution is 2.20. The minimum Gasteiger partial charge on any atom is -0.362 e. The summed E-state index contributed by atoms with van der Waals surface area (Å²) < 4.78 is 0. The van der Waals surface area contributed by atoms with Crippen molar-refractivity contribution in [2.24, 2.45) is 0 Å². The number of anilines is 1. The van der Waals surface area contributed by atoms with E-state index in [4.69, 9.17) is 23.8 Å². The Morgan fingerprint density at radius 3 is 2.26 bits per heavy atom. The molecule has 1 aromatic rings. The number of halogens is 1.